The van der Waals surface area contributed by atoms with Gasteiger partial charge in [-0.1, -0.05) is 6.07 Å². The lowest BCUT2D eigenvalue weighted by atomic mass is 10.1. The van der Waals surface area contributed by atoms with Crippen LogP contribution in [0.25, 0.3) is 21.6 Å². The molecule has 2 unspecified atom stereocenters. The largest absolute Gasteiger partial charge is 0.331 e. The summed E-state index contributed by atoms with van der Waals surface area (Å²) in [5, 5.41) is 10.9. The molecule has 1 amide bonds. The van der Waals surface area contributed by atoms with Crippen LogP contribution in [0.1, 0.15) is 49.5 Å². The van der Waals surface area contributed by atoms with E-state index in [1.807, 2.05) is 28.4 Å². The number of thiophene rings is 1. The fourth-order valence-corrected chi connectivity index (χ4v) is 5.26. The number of pyridine rings is 1. The van der Waals surface area contributed by atoms with Crippen molar-refractivity contribution >= 4 is 28.3 Å². The summed E-state index contributed by atoms with van der Waals surface area (Å²) in [6, 6.07) is 6.86. The first-order valence-electron chi connectivity index (χ1n) is 10.1. The van der Waals surface area contributed by atoms with Crippen molar-refractivity contribution in [2.45, 2.75) is 51.2 Å². The summed E-state index contributed by atoms with van der Waals surface area (Å²) >= 11 is 1.65. The van der Waals surface area contributed by atoms with Crippen LogP contribution in [0.2, 0.25) is 0 Å². The fraction of sp³-hybridized carbons (Fsp3) is 0.476. The fourth-order valence-electron chi connectivity index (χ4n) is 4.58. The number of nitrogens with one attached hydrogen (secondary N) is 1. The zero-order chi connectivity index (χ0) is 19.3. The first kappa shape index (κ1) is 17.8. The Morgan fingerprint density at radius 2 is 2.14 bits per heavy atom. The SMILES string of the molecule is CC(C)n1ncc2c(C(=O)N3C4CCNCC3CC4)cc(-c3cccs3)nc21. The molecule has 2 aliphatic rings. The van der Waals surface area contributed by atoms with Crippen molar-refractivity contribution in [3.63, 3.8) is 0 Å². The lowest BCUT2D eigenvalue weighted by Crippen LogP contribution is -2.42. The highest BCUT2D eigenvalue weighted by Crippen LogP contribution is 2.34. The molecule has 5 heterocycles. The molecule has 28 heavy (non-hydrogen) atoms. The number of hydrogen-bond acceptors (Lipinski definition) is 5. The molecule has 3 aromatic rings. The van der Waals surface area contributed by atoms with Crippen LogP contribution in [0.4, 0.5) is 0 Å². The van der Waals surface area contributed by atoms with E-state index in [2.05, 4.69) is 35.2 Å². The average Bonchev–Trinajstić information content (AvgIpc) is 3.38. The second-order valence-electron chi connectivity index (χ2n) is 8.04. The topological polar surface area (TPSA) is 63.1 Å². The first-order valence-corrected chi connectivity index (χ1v) is 11.0. The van der Waals surface area contributed by atoms with Crippen molar-refractivity contribution in [2.24, 2.45) is 0 Å². The number of carbonyl (C=O) groups excluding carboxylic acids is 1. The molecule has 6 nitrogen and oxygen atoms in total. The average molecular weight is 396 g/mol. The molecular weight excluding hydrogens is 370 g/mol. The normalized spacial score (nSPS) is 22.2. The van der Waals surface area contributed by atoms with Gasteiger partial charge >= 0.3 is 0 Å². The molecule has 2 bridgehead atoms. The van der Waals surface area contributed by atoms with Crippen LogP contribution in [-0.4, -0.2) is 50.7 Å². The van der Waals surface area contributed by atoms with Crippen LogP contribution in [-0.2, 0) is 0 Å². The monoisotopic (exact) mass is 395 g/mol. The van der Waals surface area contributed by atoms with Crippen LogP contribution < -0.4 is 5.32 Å². The van der Waals surface area contributed by atoms with E-state index in [0.29, 0.717) is 6.04 Å². The van der Waals surface area contributed by atoms with E-state index in [0.717, 1.165) is 59.5 Å². The van der Waals surface area contributed by atoms with Crippen molar-refractivity contribution in [2.75, 3.05) is 13.1 Å². The standard InChI is InChI=1S/C21H25N5OS/c1-13(2)26-20-17(12-23-26)16(10-18(24-20)19-4-3-9-28-19)21(27)25-14-5-6-15(25)11-22-8-7-14/h3-4,9-10,12-15,22H,5-8,11H2,1-2H3. The van der Waals surface area contributed by atoms with Crippen LogP contribution in [0.3, 0.4) is 0 Å². The molecule has 0 spiro atoms. The third-order valence-electron chi connectivity index (χ3n) is 5.95. The van der Waals surface area contributed by atoms with E-state index in [4.69, 9.17) is 4.98 Å². The number of aromatic nitrogens is 3. The van der Waals surface area contributed by atoms with Crippen LogP contribution in [0.5, 0.6) is 0 Å². The molecule has 0 saturated carbocycles. The van der Waals surface area contributed by atoms with Crippen molar-refractivity contribution in [3.05, 3.63) is 35.3 Å². The number of rotatable bonds is 3. The minimum Gasteiger partial charge on any atom is -0.331 e. The Kier molecular flexibility index (Phi) is 4.44. The summed E-state index contributed by atoms with van der Waals surface area (Å²) in [6.07, 6.45) is 5.03. The number of amides is 1. The molecule has 0 aromatic carbocycles. The number of carbonyl (C=O) groups is 1. The van der Waals surface area contributed by atoms with Crippen LogP contribution >= 0.6 is 11.3 Å². The van der Waals surface area contributed by atoms with Gasteiger partial charge in [-0.25, -0.2) is 9.67 Å². The molecule has 2 saturated heterocycles. The van der Waals surface area contributed by atoms with Crippen molar-refractivity contribution in [1.82, 2.24) is 25.0 Å². The van der Waals surface area contributed by atoms with E-state index >= 15 is 0 Å². The Morgan fingerprint density at radius 3 is 2.93 bits per heavy atom. The molecule has 0 aliphatic carbocycles. The maximum absolute atomic E-state index is 13.8. The highest BCUT2D eigenvalue weighted by molar-refractivity contribution is 7.13. The summed E-state index contributed by atoms with van der Waals surface area (Å²) in [5.41, 5.74) is 2.39. The smallest absolute Gasteiger partial charge is 0.255 e. The highest BCUT2D eigenvalue weighted by atomic mass is 32.1. The number of nitrogens with zero attached hydrogens (tertiary/aromatic N) is 4. The number of fused-ring (bicyclic) bond motifs is 3. The van der Waals surface area contributed by atoms with E-state index < -0.39 is 0 Å². The van der Waals surface area contributed by atoms with Gasteiger partial charge in [0, 0.05) is 24.7 Å². The molecule has 7 heteroatoms. The van der Waals surface area contributed by atoms with E-state index in [1.54, 1.807) is 11.3 Å². The lowest BCUT2D eigenvalue weighted by molar-refractivity contribution is 0.0682. The second kappa shape index (κ2) is 6.97. The van der Waals surface area contributed by atoms with Crippen molar-refractivity contribution < 1.29 is 4.79 Å². The van der Waals surface area contributed by atoms with E-state index in [1.165, 1.54) is 0 Å². The zero-order valence-corrected chi connectivity index (χ0v) is 17.1. The Labute approximate surface area is 168 Å². The third kappa shape index (κ3) is 2.84. The van der Waals surface area contributed by atoms with Gasteiger partial charge in [-0.15, -0.1) is 11.3 Å². The van der Waals surface area contributed by atoms with Gasteiger partial charge in [-0.2, -0.15) is 5.10 Å². The summed E-state index contributed by atoms with van der Waals surface area (Å²) in [7, 11) is 0. The Bertz CT molecular complexity index is 995. The lowest BCUT2D eigenvalue weighted by Gasteiger charge is -2.28. The number of hydrogen-bond donors (Lipinski definition) is 1. The first-order chi connectivity index (χ1) is 13.6. The van der Waals surface area contributed by atoms with Crippen molar-refractivity contribution in [3.8, 4) is 10.6 Å². The van der Waals surface area contributed by atoms with Gasteiger partial charge in [0.2, 0.25) is 0 Å². The minimum atomic E-state index is 0.129. The predicted molar refractivity (Wildman–Crippen MR) is 112 cm³/mol. The molecule has 2 aliphatic heterocycles. The molecule has 0 radical (unpaired) electrons. The Morgan fingerprint density at radius 1 is 1.29 bits per heavy atom. The van der Waals surface area contributed by atoms with Gasteiger partial charge in [0.1, 0.15) is 0 Å². The van der Waals surface area contributed by atoms with Gasteiger partial charge in [0.25, 0.3) is 5.91 Å². The van der Waals surface area contributed by atoms with E-state index in [-0.39, 0.29) is 18.0 Å². The van der Waals surface area contributed by atoms with Crippen molar-refractivity contribution in [1.29, 1.82) is 0 Å². The van der Waals surface area contributed by atoms with Gasteiger partial charge in [-0.05, 0) is 57.2 Å². The maximum atomic E-state index is 13.8. The molecular formula is C21H25N5OS. The van der Waals surface area contributed by atoms with Gasteiger partial charge < -0.3 is 10.2 Å². The Balaban J connectivity index is 1.66. The summed E-state index contributed by atoms with van der Waals surface area (Å²) in [4.78, 5) is 21.9. The predicted octanol–water partition coefficient (Wildman–Crippen LogP) is 3.71. The van der Waals surface area contributed by atoms with Gasteiger partial charge in [0.15, 0.2) is 5.65 Å². The van der Waals surface area contributed by atoms with Crippen LogP contribution in [0, 0.1) is 0 Å². The van der Waals surface area contributed by atoms with Crippen LogP contribution in [0.15, 0.2) is 29.8 Å². The quantitative estimate of drug-likeness (QED) is 0.734. The zero-order valence-electron chi connectivity index (χ0n) is 16.3. The Hall–Kier alpha value is -2.25. The molecule has 1 N–H and O–H groups in total. The summed E-state index contributed by atoms with van der Waals surface area (Å²) in [5.74, 6) is 0.129. The third-order valence-corrected chi connectivity index (χ3v) is 6.84. The summed E-state index contributed by atoms with van der Waals surface area (Å²) in [6.45, 7) is 6.06. The van der Waals surface area contributed by atoms with Gasteiger partial charge in [0.05, 0.1) is 27.7 Å². The molecule has 3 aromatic heterocycles. The summed E-state index contributed by atoms with van der Waals surface area (Å²) < 4.78 is 1.92. The van der Waals surface area contributed by atoms with E-state index in [9.17, 15) is 4.79 Å². The van der Waals surface area contributed by atoms with Gasteiger partial charge in [-0.3, -0.25) is 4.79 Å². The molecule has 146 valence electrons. The molecule has 5 rings (SSSR count). The maximum Gasteiger partial charge on any atom is 0.255 e. The molecule has 2 atom stereocenters. The highest BCUT2D eigenvalue weighted by Gasteiger charge is 2.39. The second-order valence-corrected chi connectivity index (χ2v) is 8.99. The minimum absolute atomic E-state index is 0.129. The molecule has 2 fully saturated rings.